The zero-order valence-corrected chi connectivity index (χ0v) is 30.1. The maximum Gasteiger partial charge on any atom is 0.673 e. The van der Waals surface area contributed by atoms with Gasteiger partial charge in [0.25, 0.3) is 11.7 Å². The van der Waals surface area contributed by atoms with E-state index in [4.69, 9.17) is 0 Å². The Morgan fingerprint density at radius 3 is 0.978 bits per heavy atom. The molecule has 264 valence electrons. The van der Waals surface area contributed by atoms with Gasteiger partial charge in [0.1, 0.15) is 11.6 Å². The van der Waals surface area contributed by atoms with Gasteiger partial charge in [0, 0.05) is 35.9 Å². The Morgan fingerprint density at radius 1 is 0.543 bits per heavy atom. The first kappa shape index (κ1) is 41.1. The highest BCUT2D eigenvalue weighted by Gasteiger charge is 2.40. The number of nitrogens with one attached hydrogen (secondary N) is 2. The van der Waals surface area contributed by atoms with Crippen LogP contribution in [0.25, 0.3) is 10.8 Å². The molecule has 1 aliphatic heterocycles. The predicted octanol–water partition coefficient (Wildman–Crippen LogP) is 8.22. The summed E-state index contributed by atoms with van der Waals surface area (Å²) >= 11 is 0. The monoisotopic (exact) mass is 670 g/mol. The molecule has 0 saturated heterocycles. The number of aromatic amines is 1. The number of benzene rings is 1. The second kappa shape index (κ2) is 13.3. The van der Waals surface area contributed by atoms with Gasteiger partial charge < -0.3 is 49.3 Å². The minimum Gasteiger partial charge on any atom is -0.418 e. The summed E-state index contributed by atoms with van der Waals surface area (Å²) in [5, 5.41) is 6.34. The van der Waals surface area contributed by atoms with Gasteiger partial charge in [0.05, 0.1) is 36.3 Å². The highest BCUT2D eigenvalue weighted by Crippen LogP contribution is 2.40. The minimum absolute atomic E-state index is 0.0227. The molecule has 1 aromatic carbocycles. The van der Waals surface area contributed by atoms with Crippen LogP contribution in [0.2, 0.25) is 0 Å². The van der Waals surface area contributed by atoms with Crippen molar-refractivity contribution in [1.82, 2.24) is 10.3 Å². The minimum atomic E-state index is -6.00. The molecule has 6 nitrogen and oxygen atoms in total. The van der Waals surface area contributed by atoms with E-state index in [0.717, 1.165) is 23.3 Å². The first-order valence-electron chi connectivity index (χ1n) is 15.0. The van der Waals surface area contributed by atoms with E-state index in [-0.39, 0.29) is 22.2 Å². The molecule has 0 radical (unpaired) electrons. The van der Waals surface area contributed by atoms with Crippen molar-refractivity contribution in [1.29, 1.82) is 0 Å². The van der Waals surface area contributed by atoms with Gasteiger partial charge in [-0.2, -0.15) is 0 Å². The summed E-state index contributed by atoms with van der Waals surface area (Å²) in [6.45, 7) is 27.1. The fourth-order valence-corrected chi connectivity index (χ4v) is 4.28. The maximum absolute atomic E-state index is 9.75. The molecule has 0 amide bonds. The van der Waals surface area contributed by atoms with Gasteiger partial charge in [0.15, 0.2) is 0 Å². The molecule has 0 aliphatic carbocycles. The molecule has 1 aliphatic rings. The van der Waals surface area contributed by atoms with E-state index in [0.29, 0.717) is 0 Å². The number of aromatic nitrogens is 1. The Balaban J connectivity index is 0.000000919. The third-order valence-corrected chi connectivity index (χ3v) is 8.02. The standard InChI is InChI=1S/C30H50N6.2BF4/c1-27(2,3)33(13)23-19-17-21-22(18-20(19)24(31-23)34(14)28(4,5)6)26(36(16)30(10,11)12)32-25(21)35(15)29(7,8)9;2*2-1(3,4)5/h17-18H,1-16H3;;/q;2*-1/p+2. The molecule has 0 saturated carbocycles. The van der Waals surface area contributed by atoms with Crippen LogP contribution in [-0.2, 0) is 0 Å². The second-order valence-corrected chi connectivity index (χ2v) is 15.5. The van der Waals surface area contributed by atoms with Crippen LogP contribution in [0.4, 0.5) is 46.2 Å². The SMILES string of the molecule is CN(c1[nH]c(N(C)C(C)(C)C)c2cc3c(cc12)C(=[N+](C)C(C)(C)C)NC3=[N+](C)C(C)(C)C)C(C)(C)C.F[B-](F)(F)F.F[B-](F)(F)F. The normalized spacial score (nSPS) is 16.5. The average Bonchev–Trinajstić information content (AvgIpc) is 3.34. The third-order valence-electron chi connectivity index (χ3n) is 8.02. The van der Waals surface area contributed by atoms with Crippen LogP contribution >= 0.6 is 0 Å². The Morgan fingerprint density at radius 2 is 0.783 bits per heavy atom. The van der Waals surface area contributed by atoms with Crippen molar-refractivity contribution in [2.45, 2.75) is 105 Å². The van der Waals surface area contributed by atoms with Crippen LogP contribution in [0.5, 0.6) is 0 Å². The van der Waals surface area contributed by atoms with Gasteiger partial charge >= 0.3 is 14.5 Å². The largest absolute Gasteiger partial charge is 0.673 e. The molecular formula is C30H52B2F8N6. The molecule has 46 heavy (non-hydrogen) atoms. The Bertz CT molecular complexity index is 1330. The smallest absolute Gasteiger partial charge is 0.418 e. The first-order chi connectivity index (χ1) is 20.1. The van der Waals surface area contributed by atoms with Crippen molar-refractivity contribution in [3.05, 3.63) is 23.3 Å². The summed E-state index contributed by atoms with van der Waals surface area (Å²) in [7, 11) is -3.24. The highest BCUT2D eigenvalue weighted by atomic mass is 19.5. The van der Waals surface area contributed by atoms with Gasteiger partial charge in [-0.1, -0.05) is 0 Å². The number of H-pyrrole nitrogens is 1. The fraction of sp³-hybridized carbons (Fsp3) is 0.667. The van der Waals surface area contributed by atoms with Gasteiger partial charge in [-0.25, -0.2) is 5.32 Å². The third kappa shape index (κ3) is 11.1. The van der Waals surface area contributed by atoms with Gasteiger partial charge in [-0.05, 0) is 95.2 Å². The molecule has 0 bridgehead atoms. The van der Waals surface area contributed by atoms with Crippen LogP contribution in [0.3, 0.4) is 0 Å². The lowest BCUT2D eigenvalue weighted by molar-refractivity contribution is -0.575. The molecule has 0 atom stereocenters. The van der Waals surface area contributed by atoms with Crippen molar-refractivity contribution in [2.24, 2.45) is 0 Å². The van der Waals surface area contributed by atoms with Crippen molar-refractivity contribution >= 4 is 48.6 Å². The predicted molar refractivity (Wildman–Crippen MR) is 178 cm³/mol. The van der Waals surface area contributed by atoms with Crippen LogP contribution in [0.1, 0.15) is 94.2 Å². The Hall–Kier alpha value is -2.93. The molecule has 1 aromatic heterocycles. The molecule has 2 aromatic rings. The average molecular weight is 670 g/mol. The molecule has 2 N–H and O–H groups in total. The summed E-state index contributed by atoms with van der Waals surface area (Å²) in [4.78, 5) is 8.57. The van der Waals surface area contributed by atoms with E-state index in [1.807, 2.05) is 0 Å². The Labute approximate surface area is 269 Å². The lowest BCUT2D eigenvalue weighted by Crippen LogP contribution is -2.44. The van der Waals surface area contributed by atoms with Gasteiger partial charge in [0.2, 0.25) is 0 Å². The summed E-state index contributed by atoms with van der Waals surface area (Å²) in [6, 6.07) is 4.79. The number of nitrogens with zero attached hydrogens (tertiary/aromatic N) is 4. The maximum atomic E-state index is 9.75. The number of amidine groups is 2. The van der Waals surface area contributed by atoms with Crippen molar-refractivity contribution in [3.8, 4) is 0 Å². The van der Waals surface area contributed by atoms with Crippen molar-refractivity contribution in [3.63, 3.8) is 0 Å². The second-order valence-electron chi connectivity index (χ2n) is 15.5. The van der Waals surface area contributed by atoms with Crippen LogP contribution < -0.4 is 15.1 Å². The van der Waals surface area contributed by atoms with Crippen LogP contribution in [0, 0.1) is 0 Å². The van der Waals surface area contributed by atoms with Crippen LogP contribution in [-0.4, -0.2) is 90.7 Å². The van der Waals surface area contributed by atoms with Crippen LogP contribution in [0.15, 0.2) is 12.1 Å². The van der Waals surface area contributed by atoms with E-state index in [9.17, 15) is 34.5 Å². The summed E-state index contributed by atoms with van der Waals surface area (Å²) in [5.41, 5.74) is 2.41. The Kier molecular flexibility index (Phi) is 11.9. The van der Waals surface area contributed by atoms with E-state index >= 15 is 0 Å². The summed E-state index contributed by atoms with van der Waals surface area (Å²) in [6.07, 6.45) is 0. The van der Waals surface area contributed by atoms with Crippen molar-refractivity contribution < 1.29 is 43.7 Å². The molecule has 0 unspecified atom stereocenters. The van der Waals surface area contributed by atoms with Crippen molar-refractivity contribution in [2.75, 3.05) is 38.0 Å². The zero-order valence-electron chi connectivity index (χ0n) is 30.1. The molecule has 2 heterocycles. The number of halogens is 8. The first-order valence-corrected chi connectivity index (χ1v) is 15.0. The van der Waals surface area contributed by atoms with E-state index < -0.39 is 14.5 Å². The fourth-order valence-electron chi connectivity index (χ4n) is 4.28. The molecule has 0 fully saturated rings. The molecule has 3 rings (SSSR count). The number of rotatable bonds is 2. The quantitative estimate of drug-likeness (QED) is 0.192. The van der Waals surface area contributed by atoms with Gasteiger partial charge in [-0.15, -0.1) is 0 Å². The topological polar surface area (TPSA) is 40.3 Å². The van der Waals surface area contributed by atoms with E-state index in [1.54, 1.807) is 0 Å². The molecular weight excluding hydrogens is 618 g/mol. The summed E-state index contributed by atoms with van der Waals surface area (Å²) in [5.74, 6) is 4.62. The lowest BCUT2D eigenvalue weighted by atomic mass is 10.00. The molecule has 16 heteroatoms. The number of hydrogen-bond acceptors (Lipinski definition) is 2. The summed E-state index contributed by atoms with van der Waals surface area (Å²) < 4.78 is 82.7. The molecule has 0 spiro atoms. The highest BCUT2D eigenvalue weighted by molar-refractivity contribution is 6.50. The number of fused-ring (bicyclic) bond motifs is 2. The van der Waals surface area contributed by atoms with E-state index in [1.165, 1.54) is 21.9 Å². The number of anilines is 2. The van der Waals surface area contributed by atoms with E-state index in [2.05, 4.69) is 153 Å². The van der Waals surface area contributed by atoms with Gasteiger partial charge in [-0.3, -0.25) is 9.15 Å². The number of hydrogen-bond donors (Lipinski definition) is 2. The zero-order chi connectivity index (χ0) is 36.8. The lowest BCUT2D eigenvalue weighted by Gasteiger charge is -2.34.